The summed E-state index contributed by atoms with van der Waals surface area (Å²) in [6, 6.07) is 14.8. The predicted octanol–water partition coefficient (Wildman–Crippen LogP) is 3.44. The highest BCUT2D eigenvalue weighted by molar-refractivity contribution is 6.32. The number of aryl methyl sites for hydroxylation is 1. The zero-order valence-electron chi connectivity index (χ0n) is 14.0. The number of hydrogen-bond donors (Lipinski definition) is 3. The minimum atomic E-state index is -0.519. The van der Waals surface area contributed by atoms with Crippen LogP contribution in [0.15, 0.2) is 48.5 Å². The summed E-state index contributed by atoms with van der Waals surface area (Å²) in [6.07, 6.45) is 0.250. The molecule has 0 saturated heterocycles. The van der Waals surface area contributed by atoms with E-state index in [2.05, 4.69) is 16.8 Å². The van der Waals surface area contributed by atoms with Crippen LogP contribution in [0.1, 0.15) is 5.69 Å². The second-order valence-electron chi connectivity index (χ2n) is 5.01. The quantitative estimate of drug-likeness (QED) is 0.590. The number of aromatic amines is 1. The van der Waals surface area contributed by atoms with Gasteiger partial charge in [0.25, 0.3) is 5.91 Å². The number of carbonyl (C=O) groups is 2. The van der Waals surface area contributed by atoms with Crippen LogP contribution in [0.5, 0.6) is 5.75 Å². The molecule has 138 valence electrons. The van der Waals surface area contributed by atoms with Gasteiger partial charge in [0.05, 0.1) is 5.02 Å². The van der Waals surface area contributed by atoms with Gasteiger partial charge in [0, 0.05) is 21.6 Å². The van der Waals surface area contributed by atoms with Crippen molar-refractivity contribution in [2.45, 2.75) is 6.92 Å². The first-order valence-electron chi connectivity index (χ1n) is 7.43. The van der Waals surface area contributed by atoms with Crippen LogP contribution in [-0.2, 0) is 9.59 Å². The number of rotatable bonds is 3. The Morgan fingerprint density at radius 2 is 1.85 bits per heavy atom. The van der Waals surface area contributed by atoms with Gasteiger partial charge in [-0.25, -0.2) is 0 Å². The standard InChI is InChI=1S/C9H8ClN.C8H8ClNO2.CH3NO/c1-6-4-7-5-8(10)2-3-9(7)11-6;9-6-3-1-2-4-7(6)12-5-8(10)11;2-1-3/h2-5,11H,1H3;1-4H,5H2,(H2,10,11);1H,(H2,2,3). The van der Waals surface area contributed by atoms with Crippen molar-refractivity contribution in [3.8, 4) is 5.75 Å². The maximum atomic E-state index is 10.3. The molecule has 0 aliphatic rings. The minimum Gasteiger partial charge on any atom is -0.482 e. The number of benzene rings is 2. The first-order valence-corrected chi connectivity index (χ1v) is 8.18. The van der Waals surface area contributed by atoms with Crippen LogP contribution in [0.3, 0.4) is 0 Å². The maximum Gasteiger partial charge on any atom is 0.255 e. The molecule has 8 heteroatoms. The van der Waals surface area contributed by atoms with Crippen molar-refractivity contribution < 1.29 is 14.3 Å². The van der Waals surface area contributed by atoms with Crippen molar-refractivity contribution in [3.63, 3.8) is 0 Å². The molecule has 1 aromatic heterocycles. The zero-order valence-corrected chi connectivity index (χ0v) is 15.6. The first-order chi connectivity index (χ1) is 12.4. The van der Waals surface area contributed by atoms with Crippen molar-refractivity contribution in [3.05, 3.63) is 64.3 Å². The molecule has 6 nitrogen and oxygen atoms in total. The molecule has 2 amide bonds. The fourth-order valence-electron chi connectivity index (χ4n) is 1.96. The highest BCUT2D eigenvalue weighted by Gasteiger charge is 2.00. The third-order valence-electron chi connectivity index (χ3n) is 2.92. The topological polar surface area (TPSA) is 111 Å². The molecule has 1 heterocycles. The molecule has 0 atom stereocenters. The van der Waals surface area contributed by atoms with Crippen molar-refractivity contribution in [2.24, 2.45) is 11.5 Å². The Kier molecular flexibility index (Phi) is 9.05. The smallest absolute Gasteiger partial charge is 0.255 e. The van der Waals surface area contributed by atoms with Gasteiger partial charge in [-0.2, -0.15) is 0 Å². The number of ether oxygens (including phenoxy) is 1. The van der Waals surface area contributed by atoms with Crippen molar-refractivity contribution in [2.75, 3.05) is 6.61 Å². The van der Waals surface area contributed by atoms with E-state index in [0.29, 0.717) is 10.8 Å². The predicted molar refractivity (Wildman–Crippen MR) is 104 cm³/mol. The lowest BCUT2D eigenvalue weighted by Gasteiger charge is -2.04. The number of halogens is 2. The highest BCUT2D eigenvalue weighted by atomic mass is 35.5. The monoisotopic (exact) mass is 395 g/mol. The second kappa shape index (κ2) is 11.0. The molecular weight excluding hydrogens is 377 g/mol. The summed E-state index contributed by atoms with van der Waals surface area (Å²) < 4.78 is 4.99. The number of carbonyl (C=O) groups excluding carboxylic acids is 2. The number of nitrogens with one attached hydrogen (secondary N) is 1. The SMILES string of the molecule is Cc1cc2cc(Cl)ccc2[nH]1.NC(=O)COc1ccccc1Cl.NC=O. The third kappa shape index (κ3) is 7.46. The van der Waals surface area contributed by atoms with Crippen LogP contribution in [-0.4, -0.2) is 23.9 Å². The van der Waals surface area contributed by atoms with Crippen LogP contribution in [0.25, 0.3) is 10.9 Å². The summed E-state index contributed by atoms with van der Waals surface area (Å²) in [5, 5.41) is 2.44. The molecule has 3 rings (SSSR count). The highest BCUT2D eigenvalue weighted by Crippen LogP contribution is 2.22. The van der Waals surface area contributed by atoms with E-state index in [1.54, 1.807) is 24.3 Å². The molecule has 0 aliphatic carbocycles. The van der Waals surface area contributed by atoms with E-state index >= 15 is 0 Å². The molecular formula is C18H19Cl2N3O3. The van der Waals surface area contributed by atoms with Crippen molar-refractivity contribution in [1.82, 2.24) is 4.98 Å². The van der Waals surface area contributed by atoms with E-state index in [9.17, 15) is 4.79 Å². The van der Waals surface area contributed by atoms with Gasteiger partial charge in [-0.3, -0.25) is 9.59 Å². The Balaban J connectivity index is 0.000000227. The Bertz CT molecular complexity index is 866. The number of hydrogen-bond acceptors (Lipinski definition) is 3. The number of aromatic nitrogens is 1. The van der Waals surface area contributed by atoms with Gasteiger partial charge in [-0.1, -0.05) is 35.3 Å². The lowest BCUT2D eigenvalue weighted by molar-refractivity contribution is -0.120. The van der Waals surface area contributed by atoms with E-state index in [-0.39, 0.29) is 13.0 Å². The Morgan fingerprint density at radius 1 is 1.19 bits per heavy atom. The number of amides is 2. The molecule has 3 aromatic rings. The summed E-state index contributed by atoms with van der Waals surface area (Å²) >= 11 is 11.5. The molecule has 0 aliphatic heterocycles. The van der Waals surface area contributed by atoms with Crippen LogP contribution in [0, 0.1) is 6.92 Å². The van der Waals surface area contributed by atoms with Gasteiger partial charge in [0.2, 0.25) is 6.41 Å². The van der Waals surface area contributed by atoms with E-state index in [4.69, 9.17) is 38.5 Å². The Labute approximate surface area is 161 Å². The van der Waals surface area contributed by atoms with Gasteiger partial charge in [-0.05, 0) is 43.3 Å². The van der Waals surface area contributed by atoms with Crippen molar-refractivity contribution >= 4 is 46.4 Å². The van der Waals surface area contributed by atoms with E-state index in [0.717, 1.165) is 10.5 Å². The average molecular weight is 396 g/mol. The Hall–Kier alpha value is -2.70. The molecule has 0 radical (unpaired) electrons. The molecule has 2 aromatic carbocycles. The lowest BCUT2D eigenvalue weighted by atomic mass is 10.2. The van der Waals surface area contributed by atoms with Crippen LogP contribution in [0.2, 0.25) is 10.0 Å². The third-order valence-corrected chi connectivity index (χ3v) is 3.47. The fraction of sp³-hybridized carbons (Fsp3) is 0.111. The molecule has 0 unspecified atom stereocenters. The normalized spacial score (nSPS) is 9.35. The summed E-state index contributed by atoms with van der Waals surface area (Å²) in [5.41, 5.74) is 11.4. The second-order valence-corrected chi connectivity index (χ2v) is 5.85. The number of H-pyrrole nitrogens is 1. The maximum absolute atomic E-state index is 10.3. The summed E-state index contributed by atoms with van der Waals surface area (Å²) in [6.45, 7) is 1.89. The largest absolute Gasteiger partial charge is 0.482 e. The number of primary amides is 2. The molecule has 0 saturated carbocycles. The van der Waals surface area contributed by atoms with Crippen molar-refractivity contribution in [1.29, 1.82) is 0 Å². The van der Waals surface area contributed by atoms with Crippen LogP contribution in [0.4, 0.5) is 0 Å². The van der Waals surface area contributed by atoms with Gasteiger partial charge >= 0.3 is 0 Å². The zero-order chi connectivity index (χ0) is 19.5. The van der Waals surface area contributed by atoms with Gasteiger partial charge in [0.1, 0.15) is 5.75 Å². The molecule has 26 heavy (non-hydrogen) atoms. The molecule has 0 spiro atoms. The molecule has 5 N–H and O–H groups in total. The van der Waals surface area contributed by atoms with E-state index < -0.39 is 5.91 Å². The van der Waals surface area contributed by atoms with Gasteiger partial charge in [-0.15, -0.1) is 0 Å². The van der Waals surface area contributed by atoms with Gasteiger partial charge < -0.3 is 21.2 Å². The van der Waals surface area contributed by atoms with Crippen LogP contribution >= 0.6 is 23.2 Å². The lowest BCUT2D eigenvalue weighted by Crippen LogP contribution is -2.20. The minimum absolute atomic E-state index is 0.149. The first kappa shape index (κ1) is 21.3. The number of nitrogens with two attached hydrogens (primary N) is 2. The van der Waals surface area contributed by atoms with Crippen LogP contribution < -0.4 is 16.2 Å². The Morgan fingerprint density at radius 3 is 2.46 bits per heavy atom. The number of fused-ring (bicyclic) bond motifs is 1. The molecule has 0 bridgehead atoms. The van der Waals surface area contributed by atoms with Gasteiger partial charge in [0.15, 0.2) is 6.61 Å². The fourth-order valence-corrected chi connectivity index (χ4v) is 2.33. The average Bonchev–Trinajstić information content (AvgIpc) is 2.94. The summed E-state index contributed by atoms with van der Waals surface area (Å²) in [7, 11) is 0. The number of para-hydroxylation sites is 1. The summed E-state index contributed by atoms with van der Waals surface area (Å²) in [5.74, 6) is -0.0483. The molecule has 0 fully saturated rings. The van der Waals surface area contributed by atoms with E-state index in [1.165, 1.54) is 11.1 Å². The summed E-state index contributed by atoms with van der Waals surface area (Å²) in [4.78, 5) is 22.1. The van der Waals surface area contributed by atoms with E-state index in [1.807, 2.05) is 25.1 Å².